The minimum atomic E-state index is -1.00. The van der Waals surface area contributed by atoms with Gasteiger partial charge in [-0.25, -0.2) is 4.39 Å². The van der Waals surface area contributed by atoms with E-state index in [1.165, 1.54) is 25.7 Å². The highest BCUT2D eigenvalue weighted by Gasteiger charge is 2.61. The third-order valence-corrected chi connectivity index (χ3v) is 8.29. The average molecular weight is 306 g/mol. The van der Waals surface area contributed by atoms with Gasteiger partial charge in [-0.15, -0.1) is 0 Å². The van der Waals surface area contributed by atoms with Gasteiger partial charge in [-0.2, -0.15) is 0 Å². The largest absolute Gasteiger partial charge is 0.390 e. The van der Waals surface area contributed by atoms with Gasteiger partial charge in [0, 0.05) is 0 Å². The van der Waals surface area contributed by atoms with Gasteiger partial charge in [-0.3, -0.25) is 0 Å². The second-order valence-corrected chi connectivity index (χ2v) is 9.35. The Morgan fingerprint density at radius 2 is 1.95 bits per heavy atom. The fraction of sp³-hybridized carbons (Fsp3) is 0.900. The van der Waals surface area contributed by atoms with Crippen molar-refractivity contribution in [2.75, 3.05) is 0 Å². The number of fused-ring (bicyclic) bond motifs is 5. The molecule has 4 rings (SSSR count). The van der Waals surface area contributed by atoms with Crippen molar-refractivity contribution in [3.63, 3.8) is 0 Å². The Kier molecular flexibility index (Phi) is 3.32. The molecule has 2 heteroatoms. The first-order valence-electron chi connectivity index (χ1n) is 9.38. The molecule has 4 aliphatic rings. The Morgan fingerprint density at radius 1 is 1.18 bits per heavy atom. The number of halogens is 1. The summed E-state index contributed by atoms with van der Waals surface area (Å²) < 4.78 is 14.2. The van der Waals surface area contributed by atoms with Crippen LogP contribution in [0.5, 0.6) is 0 Å². The normalized spacial score (nSPS) is 57.6. The zero-order chi connectivity index (χ0) is 15.7. The number of aliphatic hydroxyl groups is 1. The Bertz CT molecular complexity index is 500. The van der Waals surface area contributed by atoms with Gasteiger partial charge in [0.05, 0.1) is 6.10 Å². The molecule has 0 spiro atoms. The van der Waals surface area contributed by atoms with E-state index in [1.54, 1.807) is 5.57 Å². The summed E-state index contributed by atoms with van der Waals surface area (Å²) in [5.74, 6) is 2.52. The lowest BCUT2D eigenvalue weighted by molar-refractivity contribution is -0.0734. The Labute approximate surface area is 134 Å². The van der Waals surface area contributed by atoms with Crippen molar-refractivity contribution < 1.29 is 9.50 Å². The van der Waals surface area contributed by atoms with Crippen molar-refractivity contribution in [3.05, 3.63) is 11.6 Å². The summed E-state index contributed by atoms with van der Waals surface area (Å²) >= 11 is 0. The van der Waals surface area contributed by atoms with Crippen LogP contribution in [0, 0.1) is 34.5 Å². The summed E-state index contributed by atoms with van der Waals surface area (Å²) in [4.78, 5) is 0. The number of allylic oxidation sites excluding steroid dienone is 2. The van der Waals surface area contributed by atoms with Gasteiger partial charge in [0.25, 0.3) is 0 Å². The fourth-order valence-electron chi connectivity index (χ4n) is 6.79. The maximum Gasteiger partial charge on any atom is 0.127 e. The monoisotopic (exact) mass is 306 g/mol. The molecule has 0 aliphatic heterocycles. The number of alkyl halides is 1. The minimum Gasteiger partial charge on any atom is -0.390 e. The van der Waals surface area contributed by atoms with Crippen LogP contribution >= 0.6 is 0 Å². The third-order valence-electron chi connectivity index (χ3n) is 8.29. The molecule has 0 heterocycles. The molecule has 4 aliphatic carbocycles. The maximum absolute atomic E-state index is 14.2. The lowest BCUT2D eigenvalue weighted by Gasteiger charge is -2.57. The highest BCUT2D eigenvalue weighted by molar-refractivity contribution is 5.25. The fourth-order valence-corrected chi connectivity index (χ4v) is 6.79. The van der Waals surface area contributed by atoms with Crippen LogP contribution in [0.3, 0.4) is 0 Å². The molecule has 1 N–H and O–H groups in total. The highest BCUT2D eigenvalue weighted by Crippen LogP contribution is 2.65. The Balaban J connectivity index is 1.68. The second-order valence-electron chi connectivity index (χ2n) is 9.35. The Morgan fingerprint density at radius 3 is 2.73 bits per heavy atom. The predicted molar refractivity (Wildman–Crippen MR) is 87.2 cm³/mol. The van der Waals surface area contributed by atoms with E-state index in [0.29, 0.717) is 23.7 Å². The predicted octanol–water partition coefficient (Wildman–Crippen LogP) is 4.89. The molecule has 0 aromatic carbocycles. The van der Waals surface area contributed by atoms with Crippen LogP contribution in [0.1, 0.15) is 65.7 Å². The van der Waals surface area contributed by atoms with Gasteiger partial charge in [0.2, 0.25) is 0 Å². The topological polar surface area (TPSA) is 20.2 Å². The van der Waals surface area contributed by atoms with Crippen LogP contribution in [-0.2, 0) is 0 Å². The highest BCUT2D eigenvalue weighted by atomic mass is 19.1. The summed E-state index contributed by atoms with van der Waals surface area (Å²) in [6.45, 7) is 7.02. The Hall–Kier alpha value is -0.370. The molecule has 124 valence electrons. The van der Waals surface area contributed by atoms with E-state index < -0.39 is 12.3 Å². The van der Waals surface area contributed by atoms with E-state index in [9.17, 15) is 9.50 Å². The van der Waals surface area contributed by atoms with Crippen LogP contribution in [0.4, 0.5) is 4.39 Å². The molecule has 0 bridgehead atoms. The molecule has 0 aromatic heterocycles. The van der Waals surface area contributed by atoms with E-state index in [-0.39, 0.29) is 5.41 Å². The van der Waals surface area contributed by atoms with Crippen molar-refractivity contribution in [1.29, 1.82) is 0 Å². The first-order chi connectivity index (χ1) is 10.4. The lowest BCUT2D eigenvalue weighted by Crippen LogP contribution is -2.50. The SMILES string of the molecule is C[C@H]1CC[C@@]2(C)C(=CC[C@H]3[C@@H]4C[C@@H](F)[C@@H](O)[C@@]4(C)CC[C@@H]32)C1. The summed E-state index contributed by atoms with van der Waals surface area (Å²) in [5.41, 5.74) is 1.88. The number of hydrogen-bond acceptors (Lipinski definition) is 1. The maximum atomic E-state index is 14.2. The quantitative estimate of drug-likeness (QED) is 0.631. The molecule has 1 nitrogen and oxygen atoms in total. The summed E-state index contributed by atoms with van der Waals surface area (Å²) in [6.07, 6.45) is 8.62. The molecule has 0 saturated heterocycles. The summed E-state index contributed by atoms with van der Waals surface area (Å²) in [7, 11) is 0. The molecule has 3 saturated carbocycles. The lowest BCUT2D eigenvalue weighted by atomic mass is 9.47. The molecule has 0 unspecified atom stereocenters. The van der Waals surface area contributed by atoms with Crippen LogP contribution in [0.15, 0.2) is 11.6 Å². The molecule has 0 amide bonds. The zero-order valence-corrected chi connectivity index (χ0v) is 14.3. The number of hydrogen-bond donors (Lipinski definition) is 1. The van der Waals surface area contributed by atoms with Crippen LogP contribution < -0.4 is 0 Å². The van der Waals surface area contributed by atoms with E-state index in [2.05, 4.69) is 26.8 Å². The van der Waals surface area contributed by atoms with Gasteiger partial charge in [0.15, 0.2) is 0 Å². The van der Waals surface area contributed by atoms with E-state index in [0.717, 1.165) is 24.7 Å². The van der Waals surface area contributed by atoms with Crippen LogP contribution in [-0.4, -0.2) is 17.4 Å². The van der Waals surface area contributed by atoms with Crippen molar-refractivity contribution in [2.45, 2.75) is 78.0 Å². The first kappa shape index (κ1) is 15.2. The number of rotatable bonds is 0. The smallest absolute Gasteiger partial charge is 0.127 e. The van der Waals surface area contributed by atoms with Crippen molar-refractivity contribution in [3.8, 4) is 0 Å². The average Bonchev–Trinajstić information content (AvgIpc) is 2.72. The van der Waals surface area contributed by atoms with E-state index in [4.69, 9.17) is 0 Å². The van der Waals surface area contributed by atoms with E-state index in [1.807, 2.05) is 0 Å². The minimum absolute atomic E-state index is 0.176. The molecule has 3 fully saturated rings. The van der Waals surface area contributed by atoms with Crippen molar-refractivity contribution >= 4 is 0 Å². The third kappa shape index (κ3) is 1.85. The molecule has 22 heavy (non-hydrogen) atoms. The van der Waals surface area contributed by atoms with Crippen LogP contribution in [0.2, 0.25) is 0 Å². The molecule has 8 atom stereocenters. The van der Waals surface area contributed by atoms with E-state index >= 15 is 0 Å². The number of aliphatic hydroxyl groups excluding tert-OH is 1. The van der Waals surface area contributed by atoms with Gasteiger partial charge in [-0.1, -0.05) is 32.4 Å². The van der Waals surface area contributed by atoms with Gasteiger partial charge in [-0.05, 0) is 79.4 Å². The molecular weight excluding hydrogens is 275 g/mol. The standard InChI is InChI=1S/C20H31FO/c1-12-6-8-19(2)13(10-12)4-5-14-15(19)7-9-20(3)16(14)11-17(21)18(20)22/h4,12,14-18,22H,5-11H2,1-3H3/t12-,14+,15-,16-,17+,18+,19-,20-/m0/s1. The molecule has 0 radical (unpaired) electrons. The second kappa shape index (κ2) is 4.82. The zero-order valence-electron chi connectivity index (χ0n) is 14.3. The van der Waals surface area contributed by atoms with Gasteiger partial charge < -0.3 is 5.11 Å². The van der Waals surface area contributed by atoms with Crippen molar-refractivity contribution in [1.82, 2.24) is 0 Å². The summed E-state index contributed by atoms with van der Waals surface area (Å²) in [5, 5.41) is 10.4. The molecular formula is C20H31FO. The molecule has 0 aromatic rings. The first-order valence-corrected chi connectivity index (χ1v) is 9.38. The van der Waals surface area contributed by atoms with Gasteiger partial charge >= 0.3 is 0 Å². The van der Waals surface area contributed by atoms with Gasteiger partial charge in [0.1, 0.15) is 6.17 Å². The van der Waals surface area contributed by atoms with Crippen molar-refractivity contribution in [2.24, 2.45) is 34.5 Å². The van der Waals surface area contributed by atoms with Crippen LogP contribution in [0.25, 0.3) is 0 Å². The summed E-state index contributed by atoms with van der Waals surface area (Å²) in [6, 6.07) is 0.